The molecule has 0 aliphatic carbocycles. The van der Waals surface area contributed by atoms with Crippen LogP contribution in [0.5, 0.6) is 11.5 Å². The number of imidazole rings is 1. The summed E-state index contributed by atoms with van der Waals surface area (Å²) in [5.41, 5.74) is 3.40. The normalized spacial score (nSPS) is 12.6. The number of nitrogens with zero attached hydrogens (tertiary/aromatic N) is 2. The van der Waals surface area contributed by atoms with Crippen molar-refractivity contribution in [3.05, 3.63) is 51.9 Å². The van der Waals surface area contributed by atoms with E-state index in [1.807, 2.05) is 23.8 Å². The van der Waals surface area contributed by atoms with Crippen LogP contribution in [0.25, 0.3) is 5.00 Å². The van der Waals surface area contributed by atoms with Gasteiger partial charge in [0, 0.05) is 18.9 Å². The van der Waals surface area contributed by atoms with Gasteiger partial charge in [-0.05, 0) is 49.6 Å². The molecule has 25 heavy (non-hydrogen) atoms. The molecule has 0 radical (unpaired) electrons. The van der Waals surface area contributed by atoms with E-state index in [4.69, 9.17) is 21.1 Å². The maximum Gasteiger partial charge on any atom is 0.231 e. The molecular weight excluding hydrogens is 358 g/mol. The Morgan fingerprint density at radius 3 is 2.80 bits per heavy atom. The van der Waals surface area contributed by atoms with E-state index in [0.717, 1.165) is 45.3 Å². The molecule has 0 atom stereocenters. The fraction of sp³-hybridized carbons (Fsp3) is 0.278. The topological polar surface area (TPSA) is 48.3 Å². The van der Waals surface area contributed by atoms with E-state index >= 15 is 0 Å². The molecule has 1 aromatic carbocycles. The Balaban J connectivity index is 1.44. The second-order valence-corrected chi connectivity index (χ2v) is 7.56. The van der Waals surface area contributed by atoms with Crippen molar-refractivity contribution in [3.63, 3.8) is 0 Å². The number of fused-ring (bicyclic) bond motifs is 1. The zero-order valence-electron chi connectivity index (χ0n) is 14.0. The maximum atomic E-state index is 6.39. The Bertz CT molecular complexity index is 919. The van der Waals surface area contributed by atoms with Crippen LogP contribution in [0.4, 0.5) is 5.69 Å². The summed E-state index contributed by atoms with van der Waals surface area (Å²) in [4.78, 5) is 4.26. The van der Waals surface area contributed by atoms with Crippen molar-refractivity contribution in [3.8, 4) is 16.5 Å². The average Bonchev–Trinajstić information content (AvgIpc) is 3.28. The first-order valence-corrected chi connectivity index (χ1v) is 9.24. The van der Waals surface area contributed by atoms with Gasteiger partial charge < -0.3 is 14.8 Å². The van der Waals surface area contributed by atoms with Gasteiger partial charge in [0.15, 0.2) is 11.5 Å². The lowest BCUT2D eigenvalue weighted by atomic mass is 10.0. The number of benzene rings is 1. The summed E-state index contributed by atoms with van der Waals surface area (Å²) in [5, 5.41) is 4.49. The third kappa shape index (κ3) is 3.19. The van der Waals surface area contributed by atoms with Crippen molar-refractivity contribution in [1.82, 2.24) is 9.55 Å². The molecule has 130 valence electrons. The van der Waals surface area contributed by atoms with Gasteiger partial charge in [0.25, 0.3) is 0 Å². The second-order valence-electron chi connectivity index (χ2n) is 5.93. The molecule has 1 aliphatic rings. The highest BCUT2D eigenvalue weighted by Crippen LogP contribution is 2.36. The number of aryl methyl sites for hydroxylation is 2. The van der Waals surface area contributed by atoms with Crippen LogP contribution in [-0.2, 0) is 6.42 Å². The number of halogens is 1. The Hall–Kier alpha value is -2.18. The van der Waals surface area contributed by atoms with Crippen molar-refractivity contribution in [2.75, 3.05) is 18.7 Å². The van der Waals surface area contributed by atoms with Gasteiger partial charge in [0.1, 0.15) is 15.2 Å². The van der Waals surface area contributed by atoms with Crippen molar-refractivity contribution in [2.45, 2.75) is 20.3 Å². The average molecular weight is 376 g/mol. The second kappa shape index (κ2) is 6.61. The van der Waals surface area contributed by atoms with Crippen molar-refractivity contribution < 1.29 is 9.47 Å². The van der Waals surface area contributed by atoms with Crippen molar-refractivity contribution >= 4 is 28.6 Å². The first-order chi connectivity index (χ1) is 12.1. The van der Waals surface area contributed by atoms with Gasteiger partial charge in [-0.25, -0.2) is 4.98 Å². The third-order valence-corrected chi connectivity index (χ3v) is 5.64. The van der Waals surface area contributed by atoms with Gasteiger partial charge in [-0.15, -0.1) is 11.3 Å². The monoisotopic (exact) mass is 375 g/mol. The molecule has 0 unspecified atom stereocenters. The van der Waals surface area contributed by atoms with Crippen molar-refractivity contribution in [1.29, 1.82) is 0 Å². The first-order valence-electron chi connectivity index (χ1n) is 8.04. The van der Waals surface area contributed by atoms with Gasteiger partial charge in [0.05, 0.1) is 5.69 Å². The highest BCUT2D eigenvalue weighted by atomic mass is 35.5. The molecular formula is C18H18ClN3O2S. The minimum absolute atomic E-state index is 0.303. The van der Waals surface area contributed by atoms with Crippen LogP contribution in [0.15, 0.2) is 30.6 Å². The Morgan fingerprint density at radius 2 is 2.04 bits per heavy atom. The molecule has 0 saturated heterocycles. The predicted molar refractivity (Wildman–Crippen MR) is 101 cm³/mol. The number of anilines is 1. The molecule has 1 N–H and O–H groups in total. The van der Waals surface area contributed by atoms with Gasteiger partial charge in [0.2, 0.25) is 6.79 Å². The number of aromatic nitrogens is 2. The number of rotatable bonds is 5. The van der Waals surface area contributed by atoms with Crippen LogP contribution in [-0.4, -0.2) is 22.9 Å². The quantitative estimate of drug-likeness (QED) is 0.708. The third-order valence-electron chi connectivity index (χ3n) is 4.28. The Morgan fingerprint density at radius 1 is 1.24 bits per heavy atom. The number of hydrogen-bond acceptors (Lipinski definition) is 5. The van der Waals surface area contributed by atoms with Gasteiger partial charge in [-0.2, -0.15) is 0 Å². The summed E-state index contributed by atoms with van der Waals surface area (Å²) in [6.07, 6.45) is 4.61. The summed E-state index contributed by atoms with van der Waals surface area (Å²) < 4.78 is 13.7. The van der Waals surface area contributed by atoms with E-state index in [2.05, 4.69) is 29.4 Å². The lowest BCUT2D eigenvalue weighted by Gasteiger charge is -2.09. The van der Waals surface area contributed by atoms with Gasteiger partial charge in [-0.1, -0.05) is 11.6 Å². The molecule has 0 saturated carbocycles. The van der Waals surface area contributed by atoms with Crippen LogP contribution in [0.2, 0.25) is 4.34 Å². The van der Waals surface area contributed by atoms with E-state index in [9.17, 15) is 0 Å². The molecule has 0 amide bonds. The minimum atomic E-state index is 0.303. The zero-order valence-corrected chi connectivity index (χ0v) is 15.6. The number of thiophene rings is 1. The molecule has 5 nitrogen and oxygen atoms in total. The van der Waals surface area contributed by atoms with E-state index in [1.54, 1.807) is 17.5 Å². The minimum Gasteiger partial charge on any atom is -0.454 e. The van der Waals surface area contributed by atoms with Crippen molar-refractivity contribution in [2.24, 2.45) is 0 Å². The summed E-state index contributed by atoms with van der Waals surface area (Å²) in [5.74, 6) is 2.60. The number of ether oxygens (including phenoxy) is 2. The molecule has 3 aromatic rings. The predicted octanol–water partition coefficient (Wildman–Crippen LogP) is 4.59. The summed E-state index contributed by atoms with van der Waals surface area (Å²) in [6, 6.07) is 6.16. The summed E-state index contributed by atoms with van der Waals surface area (Å²) in [6.45, 7) is 5.16. The lowest BCUT2D eigenvalue weighted by Crippen LogP contribution is -2.05. The zero-order chi connectivity index (χ0) is 17.4. The Kier molecular flexibility index (Phi) is 4.31. The number of nitrogens with one attached hydrogen (secondary N) is 1. The summed E-state index contributed by atoms with van der Waals surface area (Å²) >= 11 is 7.93. The van der Waals surface area contributed by atoms with E-state index in [0.29, 0.717) is 6.79 Å². The number of hydrogen-bond donors (Lipinski definition) is 1. The maximum absolute atomic E-state index is 6.39. The van der Waals surface area contributed by atoms with E-state index in [1.165, 1.54) is 11.1 Å². The lowest BCUT2D eigenvalue weighted by molar-refractivity contribution is 0.174. The summed E-state index contributed by atoms with van der Waals surface area (Å²) in [7, 11) is 0. The molecule has 7 heteroatoms. The van der Waals surface area contributed by atoms with Crippen LogP contribution >= 0.6 is 22.9 Å². The van der Waals surface area contributed by atoms with E-state index < -0.39 is 0 Å². The van der Waals surface area contributed by atoms with E-state index in [-0.39, 0.29) is 0 Å². The smallest absolute Gasteiger partial charge is 0.231 e. The molecule has 4 rings (SSSR count). The van der Waals surface area contributed by atoms with Crippen LogP contribution in [0, 0.1) is 13.8 Å². The SMILES string of the molecule is Cc1cc2c(cc1CCNc1cc(-n3ccnc3C)sc1Cl)OCO2. The molecule has 3 heterocycles. The molecule has 0 bridgehead atoms. The fourth-order valence-electron chi connectivity index (χ4n) is 2.89. The standard InChI is InChI=1S/C18H18ClN3O2S/c1-11-7-15-16(24-10-23-15)8-13(11)3-4-21-14-9-17(25-18(14)19)22-6-5-20-12(22)2/h5-9,21H,3-4,10H2,1-2H3. The first kappa shape index (κ1) is 16.3. The molecule has 0 spiro atoms. The van der Waals surface area contributed by atoms with Crippen LogP contribution < -0.4 is 14.8 Å². The largest absolute Gasteiger partial charge is 0.454 e. The highest BCUT2D eigenvalue weighted by Gasteiger charge is 2.16. The molecule has 0 fully saturated rings. The molecule has 2 aromatic heterocycles. The molecule has 1 aliphatic heterocycles. The van der Waals surface area contributed by atoms with Crippen LogP contribution in [0.3, 0.4) is 0 Å². The highest BCUT2D eigenvalue weighted by molar-refractivity contribution is 7.19. The van der Waals surface area contributed by atoms with Crippen LogP contribution in [0.1, 0.15) is 17.0 Å². The van der Waals surface area contributed by atoms with Gasteiger partial charge >= 0.3 is 0 Å². The van der Waals surface area contributed by atoms with Gasteiger partial charge in [-0.3, -0.25) is 4.57 Å². The fourth-order valence-corrected chi connectivity index (χ4v) is 4.14. The Labute approximate surface area is 155 Å².